The number of carboxylic acids is 1. The van der Waals surface area contributed by atoms with Crippen LogP contribution in [0.5, 0.6) is 5.75 Å². The first kappa shape index (κ1) is 19.2. The van der Waals surface area contributed by atoms with Crippen LogP contribution in [0.3, 0.4) is 0 Å². The van der Waals surface area contributed by atoms with Crippen LogP contribution in [0.1, 0.15) is 21.5 Å². The van der Waals surface area contributed by atoms with Crippen molar-refractivity contribution in [3.8, 4) is 11.8 Å². The lowest BCUT2D eigenvalue weighted by atomic mass is 10.1. The molecular formula is C19H15N3O5. The van der Waals surface area contributed by atoms with E-state index >= 15 is 0 Å². The molecule has 136 valence electrons. The number of carbonyl (C=O) groups is 3. The molecule has 8 nitrogen and oxygen atoms in total. The summed E-state index contributed by atoms with van der Waals surface area (Å²) in [7, 11) is 0. The fraction of sp³-hybridized carbons (Fsp3) is 0.0526. The van der Waals surface area contributed by atoms with E-state index in [1.807, 2.05) is 5.32 Å². The van der Waals surface area contributed by atoms with Crippen molar-refractivity contribution in [3.05, 3.63) is 70.8 Å². The lowest BCUT2D eigenvalue weighted by Crippen LogP contribution is -2.35. The van der Waals surface area contributed by atoms with Gasteiger partial charge in [-0.3, -0.25) is 10.1 Å². The molecule has 0 aliphatic carbocycles. The Hall–Kier alpha value is -4.12. The molecule has 0 bridgehead atoms. The first-order chi connectivity index (χ1) is 12.9. The zero-order valence-corrected chi connectivity index (χ0v) is 14.0. The average Bonchev–Trinajstić information content (AvgIpc) is 2.65. The molecule has 2 aromatic carbocycles. The summed E-state index contributed by atoms with van der Waals surface area (Å²) in [5.41, 5.74) is 6.01. The SMILES string of the molecule is N#C/C(=C/c1ccc(OCc2cccc(C(=O)O)c2)cc1)C(=O)NC(N)=O. The molecule has 0 spiro atoms. The zero-order chi connectivity index (χ0) is 19.8. The molecule has 0 heterocycles. The summed E-state index contributed by atoms with van der Waals surface area (Å²) in [5.74, 6) is -1.38. The number of rotatable bonds is 6. The Bertz CT molecular complexity index is 943. The topological polar surface area (TPSA) is 143 Å². The first-order valence-electron chi connectivity index (χ1n) is 7.66. The monoisotopic (exact) mass is 365 g/mol. The molecule has 0 saturated heterocycles. The van der Waals surface area contributed by atoms with Gasteiger partial charge in [0.15, 0.2) is 0 Å². The second kappa shape index (κ2) is 8.82. The van der Waals surface area contributed by atoms with Gasteiger partial charge >= 0.3 is 12.0 Å². The summed E-state index contributed by atoms with van der Waals surface area (Å²) in [6.07, 6.45) is 1.30. The molecule has 0 unspecified atom stereocenters. The normalized spacial score (nSPS) is 10.6. The number of ether oxygens (including phenoxy) is 1. The smallest absolute Gasteiger partial charge is 0.335 e. The summed E-state index contributed by atoms with van der Waals surface area (Å²) >= 11 is 0. The number of carbonyl (C=O) groups excluding carboxylic acids is 2. The molecule has 0 aliphatic heterocycles. The Morgan fingerprint density at radius 3 is 2.48 bits per heavy atom. The molecule has 27 heavy (non-hydrogen) atoms. The van der Waals surface area contributed by atoms with E-state index in [0.29, 0.717) is 16.9 Å². The molecule has 2 aromatic rings. The van der Waals surface area contributed by atoms with Gasteiger partial charge in [-0.25, -0.2) is 9.59 Å². The first-order valence-corrected chi connectivity index (χ1v) is 7.66. The number of urea groups is 1. The highest BCUT2D eigenvalue weighted by Gasteiger charge is 2.10. The predicted molar refractivity (Wildman–Crippen MR) is 95.5 cm³/mol. The van der Waals surface area contributed by atoms with Crippen molar-refractivity contribution in [2.75, 3.05) is 0 Å². The highest BCUT2D eigenvalue weighted by molar-refractivity contribution is 6.08. The van der Waals surface area contributed by atoms with Crippen molar-refractivity contribution in [2.45, 2.75) is 6.61 Å². The zero-order valence-electron chi connectivity index (χ0n) is 14.0. The quantitative estimate of drug-likeness (QED) is 0.528. The molecule has 4 N–H and O–H groups in total. The van der Waals surface area contributed by atoms with Crippen LogP contribution in [0.15, 0.2) is 54.1 Å². The fourth-order valence-electron chi connectivity index (χ4n) is 2.12. The summed E-state index contributed by atoms with van der Waals surface area (Å²) in [5, 5.41) is 19.8. The van der Waals surface area contributed by atoms with Crippen molar-refractivity contribution in [3.63, 3.8) is 0 Å². The van der Waals surface area contributed by atoms with Crippen molar-refractivity contribution in [1.29, 1.82) is 5.26 Å². The summed E-state index contributed by atoms with van der Waals surface area (Å²) < 4.78 is 5.59. The van der Waals surface area contributed by atoms with Gasteiger partial charge in [-0.15, -0.1) is 0 Å². The molecule has 0 atom stereocenters. The van der Waals surface area contributed by atoms with Crippen LogP contribution in [0, 0.1) is 11.3 Å². The van der Waals surface area contributed by atoms with E-state index in [2.05, 4.69) is 0 Å². The number of amides is 3. The second-order valence-corrected chi connectivity index (χ2v) is 5.35. The molecular weight excluding hydrogens is 350 g/mol. The Balaban J connectivity index is 2.04. The van der Waals surface area contributed by atoms with E-state index in [9.17, 15) is 14.4 Å². The maximum atomic E-state index is 11.6. The Labute approximate surface area is 154 Å². The number of hydrogen-bond donors (Lipinski definition) is 3. The number of imide groups is 1. The van der Waals surface area contributed by atoms with Gasteiger partial charge in [-0.1, -0.05) is 24.3 Å². The summed E-state index contributed by atoms with van der Waals surface area (Å²) in [4.78, 5) is 33.3. The van der Waals surface area contributed by atoms with Crippen LogP contribution in [-0.2, 0) is 11.4 Å². The van der Waals surface area contributed by atoms with Crippen LogP contribution >= 0.6 is 0 Å². The van der Waals surface area contributed by atoms with Gasteiger partial charge in [0.2, 0.25) is 0 Å². The van der Waals surface area contributed by atoms with Crippen molar-refractivity contribution >= 4 is 24.0 Å². The highest BCUT2D eigenvalue weighted by Crippen LogP contribution is 2.16. The fourth-order valence-corrected chi connectivity index (χ4v) is 2.12. The number of primary amides is 1. The Morgan fingerprint density at radius 2 is 1.89 bits per heavy atom. The summed E-state index contributed by atoms with van der Waals surface area (Å²) in [6.45, 7) is 0.181. The number of nitriles is 1. The van der Waals surface area contributed by atoms with E-state index in [1.54, 1.807) is 42.5 Å². The number of nitrogens with one attached hydrogen (secondary N) is 1. The maximum Gasteiger partial charge on any atom is 0.335 e. The van der Waals surface area contributed by atoms with E-state index in [4.69, 9.17) is 20.8 Å². The minimum absolute atomic E-state index is 0.176. The molecule has 8 heteroatoms. The number of carboxylic acid groups (broad SMARTS) is 1. The van der Waals surface area contributed by atoms with Gasteiger partial charge in [-0.05, 0) is 41.5 Å². The highest BCUT2D eigenvalue weighted by atomic mass is 16.5. The largest absolute Gasteiger partial charge is 0.489 e. The lowest BCUT2D eigenvalue weighted by Gasteiger charge is -2.07. The molecule has 0 radical (unpaired) electrons. The van der Waals surface area contributed by atoms with Crippen LogP contribution in [0.4, 0.5) is 4.79 Å². The average molecular weight is 365 g/mol. The van der Waals surface area contributed by atoms with Crippen LogP contribution in [-0.4, -0.2) is 23.0 Å². The van der Waals surface area contributed by atoms with Crippen molar-refractivity contribution in [2.24, 2.45) is 5.73 Å². The van der Waals surface area contributed by atoms with E-state index in [-0.39, 0.29) is 17.7 Å². The van der Waals surface area contributed by atoms with Gasteiger partial charge in [0, 0.05) is 0 Å². The Kier molecular flexibility index (Phi) is 6.28. The van der Waals surface area contributed by atoms with Gasteiger partial charge in [0.1, 0.15) is 24.0 Å². The third kappa shape index (κ3) is 5.72. The van der Waals surface area contributed by atoms with Crippen LogP contribution in [0.25, 0.3) is 6.08 Å². The maximum absolute atomic E-state index is 11.6. The molecule has 0 fully saturated rings. The van der Waals surface area contributed by atoms with Crippen LogP contribution < -0.4 is 15.8 Å². The van der Waals surface area contributed by atoms with Crippen LogP contribution in [0.2, 0.25) is 0 Å². The van der Waals surface area contributed by atoms with Gasteiger partial charge in [-0.2, -0.15) is 5.26 Å². The Morgan fingerprint density at radius 1 is 1.19 bits per heavy atom. The molecule has 0 aliphatic rings. The van der Waals surface area contributed by atoms with Crippen molar-refractivity contribution in [1.82, 2.24) is 5.32 Å². The number of hydrogen-bond acceptors (Lipinski definition) is 5. The number of nitrogens with two attached hydrogens (primary N) is 1. The van der Waals surface area contributed by atoms with E-state index < -0.39 is 17.9 Å². The summed E-state index contributed by atoms with van der Waals surface area (Å²) in [6, 6.07) is 13.6. The van der Waals surface area contributed by atoms with Gasteiger partial charge in [0.05, 0.1) is 5.56 Å². The third-order valence-electron chi connectivity index (χ3n) is 3.37. The predicted octanol–water partition coefficient (Wildman–Crippen LogP) is 2.07. The lowest BCUT2D eigenvalue weighted by molar-refractivity contribution is -0.115. The minimum atomic E-state index is -1.04. The van der Waals surface area contributed by atoms with E-state index in [1.165, 1.54) is 18.2 Å². The number of aromatic carboxylic acids is 1. The molecule has 0 saturated carbocycles. The second-order valence-electron chi connectivity index (χ2n) is 5.35. The molecule has 2 rings (SSSR count). The molecule has 0 aromatic heterocycles. The van der Waals surface area contributed by atoms with E-state index in [0.717, 1.165) is 0 Å². The van der Waals surface area contributed by atoms with Gasteiger partial charge < -0.3 is 15.6 Å². The number of nitrogens with zero attached hydrogens (tertiary/aromatic N) is 1. The standard InChI is InChI=1S/C19H15N3O5/c20-10-15(17(23)22-19(21)26)8-12-4-6-16(7-5-12)27-11-13-2-1-3-14(9-13)18(24)25/h1-9H,11H2,(H,24,25)(H3,21,22,23,26)/b15-8-. The minimum Gasteiger partial charge on any atom is -0.489 e. The third-order valence-corrected chi connectivity index (χ3v) is 3.37. The number of benzene rings is 2. The van der Waals surface area contributed by atoms with Crippen molar-refractivity contribution < 1.29 is 24.2 Å². The van der Waals surface area contributed by atoms with Gasteiger partial charge in [0.25, 0.3) is 5.91 Å². The molecule has 3 amide bonds.